The second-order valence-electron chi connectivity index (χ2n) is 4.10. The molecular weight excluding hydrogens is 272 g/mol. The fraction of sp³-hybridized carbons (Fsp3) is 0.500. The van der Waals surface area contributed by atoms with Gasteiger partial charge in [-0.05, 0) is 48.3 Å². The summed E-state index contributed by atoms with van der Waals surface area (Å²) in [6.45, 7) is 0. The first-order valence-electron chi connectivity index (χ1n) is 5.73. The quantitative estimate of drug-likeness (QED) is 0.606. The van der Waals surface area contributed by atoms with Gasteiger partial charge in [0.15, 0.2) is 0 Å². The van der Waals surface area contributed by atoms with Crippen molar-refractivity contribution < 1.29 is 0 Å². The van der Waals surface area contributed by atoms with Crippen molar-refractivity contribution in [2.45, 2.75) is 37.4 Å². The molecule has 2 aliphatic heterocycles. The highest BCUT2D eigenvalue weighted by molar-refractivity contribution is 8.32. The van der Waals surface area contributed by atoms with E-state index >= 15 is 0 Å². The molecule has 16 heavy (non-hydrogen) atoms. The number of thioether (sulfide) groups is 3. The maximum absolute atomic E-state index is 2.47. The van der Waals surface area contributed by atoms with E-state index in [2.05, 4.69) is 21.6 Å². The third kappa shape index (κ3) is 2.40. The van der Waals surface area contributed by atoms with Crippen LogP contribution >= 0.6 is 35.3 Å². The lowest BCUT2D eigenvalue weighted by molar-refractivity contribution is 0.515. The smallest absolute Gasteiger partial charge is 0.0844 e. The van der Waals surface area contributed by atoms with E-state index in [1.807, 2.05) is 35.3 Å². The highest BCUT2D eigenvalue weighted by Crippen LogP contribution is 2.50. The molecule has 1 unspecified atom stereocenters. The summed E-state index contributed by atoms with van der Waals surface area (Å²) in [4.78, 5) is 0. The summed E-state index contributed by atoms with van der Waals surface area (Å²) in [5.74, 6) is 0. The van der Waals surface area contributed by atoms with E-state index < -0.39 is 0 Å². The van der Waals surface area contributed by atoms with E-state index in [1.165, 1.54) is 32.1 Å². The van der Waals surface area contributed by atoms with Crippen LogP contribution in [0.25, 0.3) is 0 Å². The molecule has 1 aliphatic carbocycles. The first-order valence-corrected chi connectivity index (χ1v) is 9.72. The average Bonchev–Trinajstić information content (AvgIpc) is 3.01. The third-order valence-corrected chi connectivity index (χ3v) is 9.70. The van der Waals surface area contributed by atoms with E-state index in [-0.39, 0.29) is 0 Å². The first kappa shape index (κ1) is 11.7. The van der Waals surface area contributed by atoms with E-state index in [9.17, 15) is 0 Å². The van der Waals surface area contributed by atoms with Crippen molar-refractivity contribution in [2.24, 2.45) is 0 Å². The van der Waals surface area contributed by atoms with Crippen molar-refractivity contribution in [3.63, 3.8) is 0 Å². The topological polar surface area (TPSA) is 0 Å². The van der Waals surface area contributed by atoms with Crippen LogP contribution in [0.3, 0.4) is 0 Å². The summed E-state index contributed by atoms with van der Waals surface area (Å²) in [7, 11) is 0.439. The van der Waals surface area contributed by atoms with Crippen LogP contribution in [0.5, 0.6) is 0 Å². The molecule has 0 amide bonds. The van der Waals surface area contributed by atoms with Crippen LogP contribution in [-0.2, 0) is 10.9 Å². The highest BCUT2D eigenvalue weighted by atomic mass is 32.2. The van der Waals surface area contributed by atoms with E-state index in [1.54, 1.807) is 8.47 Å². The van der Waals surface area contributed by atoms with E-state index in [0.29, 0.717) is 10.9 Å². The molecule has 4 heteroatoms. The summed E-state index contributed by atoms with van der Waals surface area (Å²) in [5, 5.41) is 10.2. The van der Waals surface area contributed by atoms with E-state index in [0.717, 1.165) is 5.25 Å². The van der Waals surface area contributed by atoms with Crippen molar-refractivity contribution in [3.8, 4) is 0 Å². The van der Waals surface area contributed by atoms with Gasteiger partial charge in [0.05, 0.1) is 10.9 Å². The molecule has 0 bridgehead atoms. The zero-order valence-corrected chi connectivity index (χ0v) is 12.3. The Bertz CT molecular complexity index is 340. The van der Waals surface area contributed by atoms with Crippen LogP contribution in [0.15, 0.2) is 30.1 Å². The second kappa shape index (κ2) is 5.51. The molecule has 1 atom stereocenters. The van der Waals surface area contributed by atoms with Crippen molar-refractivity contribution >= 4 is 46.2 Å². The largest absolute Gasteiger partial charge is 0.218 e. The van der Waals surface area contributed by atoms with Gasteiger partial charge in [0.1, 0.15) is 14.9 Å². The Labute approximate surface area is 113 Å². The van der Waals surface area contributed by atoms with Crippen LogP contribution in [0, 0.1) is 0 Å². The molecule has 3 rings (SSSR count). The molecule has 1 fully saturated rings. The summed E-state index contributed by atoms with van der Waals surface area (Å²) < 4.78 is 3.20. The summed E-state index contributed by atoms with van der Waals surface area (Å²) in [6.07, 6.45) is 7.27. The van der Waals surface area contributed by atoms with Gasteiger partial charge >= 0.3 is 0 Å². The van der Waals surface area contributed by atoms with Gasteiger partial charge in [-0.1, -0.05) is 29.9 Å². The lowest BCUT2D eigenvalue weighted by Gasteiger charge is -2.19. The van der Waals surface area contributed by atoms with Crippen molar-refractivity contribution in [1.29, 1.82) is 0 Å². The SMILES string of the molecule is C1=CSC(=C2SC=C[S+]2C2CCCCC2)S1. The normalized spacial score (nSPS) is 30.6. The molecule has 1 saturated carbocycles. The van der Waals surface area contributed by atoms with Gasteiger partial charge < -0.3 is 0 Å². The average molecular weight is 288 g/mol. The Morgan fingerprint density at radius 1 is 0.938 bits per heavy atom. The fourth-order valence-electron chi connectivity index (χ4n) is 2.30. The predicted octanol–water partition coefficient (Wildman–Crippen LogP) is 5.23. The lowest BCUT2D eigenvalue weighted by Crippen LogP contribution is -2.21. The van der Waals surface area contributed by atoms with Gasteiger partial charge in [-0.2, -0.15) is 0 Å². The number of rotatable bonds is 1. The van der Waals surface area contributed by atoms with Crippen LogP contribution in [-0.4, -0.2) is 5.25 Å². The summed E-state index contributed by atoms with van der Waals surface area (Å²) >= 11 is 5.80. The minimum atomic E-state index is 0.439. The predicted molar refractivity (Wildman–Crippen MR) is 82.3 cm³/mol. The fourth-order valence-corrected chi connectivity index (χ4v) is 8.97. The molecule has 2 heterocycles. The van der Waals surface area contributed by atoms with Gasteiger partial charge in [-0.3, -0.25) is 0 Å². The minimum Gasteiger partial charge on any atom is -0.0844 e. The van der Waals surface area contributed by atoms with Gasteiger partial charge in [-0.25, -0.2) is 0 Å². The Kier molecular flexibility index (Phi) is 4.03. The first-order chi connectivity index (χ1) is 7.95. The zero-order chi connectivity index (χ0) is 10.8. The number of hydrogen-bond acceptors (Lipinski definition) is 3. The molecule has 0 aromatic rings. The molecular formula is C12H15S4+. The zero-order valence-electron chi connectivity index (χ0n) is 9.06. The number of hydrogen-bond donors (Lipinski definition) is 0. The Hall–Kier alpha value is 0.620. The Morgan fingerprint density at radius 3 is 2.44 bits per heavy atom. The van der Waals surface area contributed by atoms with Gasteiger partial charge in [-0.15, -0.1) is 0 Å². The lowest BCUT2D eigenvalue weighted by atomic mass is 10.0. The van der Waals surface area contributed by atoms with Crippen molar-refractivity contribution in [1.82, 2.24) is 0 Å². The van der Waals surface area contributed by atoms with Gasteiger partial charge in [0, 0.05) is 5.41 Å². The second-order valence-corrected chi connectivity index (χ2v) is 9.46. The molecule has 86 valence electrons. The Balaban J connectivity index is 1.77. The summed E-state index contributed by atoms with van der Waals surface area (Å²) in [5.41, 5.74) is 0. The molecule has 0 aromatic heterocycles. The molecule has 0 N–H and O–H groups in total. The van der Waals surface area contributed by atoms with Gasteiger partial charge in [0.25, 0.3) is 0 Å². The molecule has 0 nitrogen and oxygen atoms in total. The van der Waals surface area contributed by atoms with Crippen molar-refractivity contribution in [3.05, 3.63) is 30.1 Å². The van der Waals surface area contributed by atoms with Crippen LogP contribution in [0.1, 0.15) is 32.1 Å². The van der Waals surface area contributed by atoms with Crippen LogP contribution in [0.2, 0.25) is 0 Å². The molecule has 0 spiro atoms. The standard InChI is InChI=1S/C12H15S4/c1-2-4-10(5-3-1)16-9-8-15-12(16)11-13-6-7-14-11/h6-10H,1-5H2/q+1. The van der Waals surface area contributed by atoms with Crippen LogP contribution < -0.4 is 0 Å². The monoisotopic (exact) mass is 287 g/mol. The Morgan fingerprint density at radius 2 is 1.69 bits per heavy atom. The molecule has 0 radical (unpaired) electrons. The summed E-state index contributed by atoms with van der Waals surface area (Å²) in [6, 6.07) is 0. The molecule has 0 saturated heterocycles. The molecule has 3 aliphatic rings. The maximum atomic E-state index is 2.47. The van der Waals surface area contributed by atoms with Gasteiger partial charge in [0.2, 0.25) is 4.24 Å². The third-order valence-electron chi connectivity index (χ3n) is 3.08. The van der Waals surface area contributed by atoms with Crippen LogP contribution in [0.4, 0.5) is 0 Å². The molecule has 0 aromatic carbocycles. The van der Waals surface area contributed by atoms with Crippen molar-refractivity contribution in [2.75, 3.05) is 0 Å². The van der Waals surface area contributed by atoms with E-state index in [4.69, 9.17) is 0 Å². The maximum Gasteiger partial charge on any atom is 0.218 e. The minimum absolute atomic E-state index is 0.439. The highest BCUT2D eigenvalue weighted by Gasteiger charge is 2.39.